The van der Waals surface area contributed by atoms with Crippen molar-refractivity contribution >= 4 is 85.6 Å². The van der Waals surface area contributed by atoms with Crippen LogP contribution in [0.25, 0.3) is 114 Å². The summed E-state index contributed by atoms with van der Waals surface area (Å²) >= 11 is 1.80. The van der Waals surface area contributed by atoms with E-state index in [-0.39, 0.29) is 0 Å². The molecule has 9 aromatic carbocycles. The molecule has 4 nitrogen and oxygen atoms in total. The predicted octanol–water partition coefficient (Wildman–Crippen LogP) is 13.8. The summed E-state index contributed by atoms with van der Waals surface area (Å²) in [5.41, 5.74) is 6.47. The molecule has 0 bridgehead atoms. The Hall–Kier alpha value is -7.21. The molecule has 12 aromatic rings. The lowest BCUT2D eigenvalue weighted by Gasteiger charge is -2.10. The molecule has 0 amide bonds. The molecule has 56 heavy (non-hydrogen) atoms. The second-order valence-electron chi connectivity index (χ2n) is 14.5. The summed E-state index contributed by atoms with van der Waals surface area (Å²) in [6, 6.07) is 65.1. The molecule has 0 aliphatic carbocycles. The molecule has 0 N–H and O–H groups in total. The van der Waals surface area contributed by atoms with Gasteiger partial charge in [-0.1, -0.05) is 133 Å². The highest BCUT2D eigenvalue weighted by atomic mass is 32.1. The molecular formula is C51H30N4S. The zero-order valence-corrected chi connectivity index (χ0v) is 30.8. The minimum absolute atomic E-state index is 0.656. The minimum atomic E-state index is 0.656. The van der Waals surface area contributed by atoms with E-state index < -0.39 is 0 Å². The van der Waals surface area contributed by atoms with Crippen molar-refractivity contribution in [1.82, 2.24) is 19.5 Å². The fourth-order valence-corrected chi connectivity index (χ4v) is 9.69. The van der Waals surface area contributed by atoms with Crippen LogP contribution in [0.2, 0.25) is 0 Å². The molecule has 12 rings (SSSR count). The van der Waals surface area contributed by atoms with Gasteiger partial charge in [-0.15, -0.1) is 11.3 Å². The van der Waals surface area contributed by atoms with Crippen LogP contribution in [0, 0.1) is 0 Å². The van der Waals surface area contributed by atoms with Gasteiger partial charge in [0.25, 0.3) is 0 Å². The average molecular weight is 731 g/mol. The van der Waals surface area contributed by atoms with Gasteiger partial charge >= 0.3 is 0 Å². The number of benzene rings is 9. The van der Waals surface area contributed by atoms with Gasteiger partial charge in [0.05, 0.1) is 11.0 Å². The molecule has 0 saturated carbocycles. The Balaban J connectivity index is 1.06. The smallest absolute Gasteiger partial charge is 0.165 e. The quantitative estimate of drug-likeness (QED) is 0.181. The third-order valence-corrected chi connectivity index (χ3v) is 12.4. The van der Waals surface area contributed by atoms with E-state index in [1.807, 2.05) is 0 Å². The van der Waals surface area contributed by atoms with E-state index in [4.69, 9.17) is 15.0 Å². The lowest BCUT2D eigenvalue weighted by Crippen LogP contribution is -2.00. The molecule has 5 heteroatoms. The van der Waals surface area contributed by atoms with Crippen LogP contribution >= 0.6 is 11.3 Å². The lowest BCUT2D eigenvalue weighted by molar-refractivity contribution is 1.08. The molecule has 0 radical (unpaired) electrons. The summed E-state index contributed by atoms with van der Waals surface area (Å²) in [5, 5.41) is 12.1. The number of rotatable bonds is 4. The van der Waals surface area contributed by atoms with Crippen molar-refractivity contribution in [2.24, 2.45) is 0 Å². The van der Waals surface area contributed by atoms with Gasteiger partial charge in [0.15, 0.2) is 17.5 Å². The fourth-order valence-electron chi connectivity index (χ4n) is 8.45. The van der Waals surface area contributed by atoms with Gasteiger partial charge in [-0.25, -0.2) is 15.0 Å². The van der Waals surface area contributed by atoms with Crippen molar-refractivity contribution in [3.05, 3.63) is 182 Å². The fraction of sp³-hybridized carbons (Fsp3) is 0. The molecule has 3 heterocycles. The standard InChI is InChI=1S/C51H30N4S/c1-3-12-33-26-37(22-20-31(33)10-1)49-52-50(38-23-21-32-11-2-4-13-34(32)27-38)54-51(53-49)43-18-9-17-42-41-25-24-39(30-47(41)56-48(42)43)55-45-19-8-7-16-40(45)44-28-35-14-5-6-15-36(35)29-46(44)55/h1-30H. The molecule has 0 atom stereocenters. The van der Waals surface area contributed by atoms with Gasteiger partial charge in [0, 0.05) is 53.3 Å². The van der Waals surface area contributed by atoms with Gasteiger partial charge in [0.2, 0.25) is 0 Å². The maximum atomic E-state index is 5.22. The van der Waals surface area contributed by atoms with Crippen LogP contribution in [0.5, 0.6) is 0 Å². The lowest BCUT2D eigenvalue weighted by atomic mass is 10.1. The number of para-hydroxylation sites is 1. The Labute approximate surface area is 325 Å². The molecule has 0 saturated heterocycles. The van der Waals surface area contributed by atoms with E-state index in [0.717, 1.165) is 37.9 Å². The Morgan fingerprint density at radius 1 is 0.357 bits per heavy atom. The third-order valence-electron chi connectivity index (χ3n) is 11.2. The summed E-state index contributed by atoms with van der Waals surface area (Å²) in [5.74, 6) is 1.98. The van der Waals surface area contributed by atoms with Crippen molar-refractivity contribution < 1.29 is 0 Å². The predicted molar refractivity (Wildman–Crippen MR) is 236 cm³/mol. The topological polar surface area (TPSA) is 43.6 Å². The Morgan fingerprint density at radius 2 is 0.929 bits per heavy atom. The van der Waals surface area contributed by atoms with Crippen molar-refractivity contribution in [2.75, 3.05) is 0 Å². The molecule has 0 fully saturated rings. The Morgan fingerprint density at radius 3 is 1.62 bits per heavy atom. The summed E-state index contributed by atoms with van der Waals surface area (Å²) in [6.07, 6.45) is 0. The van der Waals surface area contributed by atoms with Gasteiger partial charge in [-0.05, 0) is 80.8 Å². The van der Waals surface area contributed by atoms with Crippen molar-refractivity contribution in [1.29, 1.82) is 0 Å². The summed E-state index contributed by atoms with van der Waals surface area (Å²) < 4.78 is 4.79. The number of nitrogens with zero attached hydrogens (tertiary/aromatic N) is 4. The summed E-state index contributed by atoms with van der Waals surface area (Å²) in [4.78, 5) is 15.6. The van der Waals surface area contributed by atoms with E-state index in [0.29, 0.717) is 17.5 Å². The van der Waals surface area contributed by atoms with Crippen LogP contribution in [0.15, 0.2) is 182 Å². The van der Waals surface area contributed by atoms with Gasteiger partial charge in [-0.2, -0.15) is 0 Å². The average Bonchev–Trinajstić information content (AvgIpc) is 3.80. The number of thiophene rings is 1. The Bertz CT molecular complexity index is 3460. The van der Waals surface area contributed by atoms with Crippen LogP contribution in [0.1, 0.15) is 0 Å². The maximum absolute atomic E-state index is 5.22. The number of hydrogen-bond donors (Lipinski definition) is 0. The Kier molecular flexibility index (Phi) is 6.76. The minimum Gasteiger partial charge on any atom is -0.309 e. The van der Waals surface area contributed by atoms with E-state index in [1.165, 1.54) is 58.8 Å². The highest BCUT2D eigenvalue weighted by Gasteiger charge is 2.19. The molecule has 0 unspecified atom stereocenters. The SMILES string of the molecule is c1ccc2cc(-c3nc(-c4ccc5ccccc5c4)nc(-c4cccc5c4sc4cc(-n6c7ccccc7c7cc8ccccc8cc76)ccc45)n3)ccc2c1. The van der Waals surface area contributed by atoms with Crippen LogP contribution in [0.4, 0.5) is 0 Å². The third kappa shape index (κ3) is 4.88. The number of hydrogen-bond acceptors (Lipinski definition) is 4. The molecule has 3 aromatic heterocycles. The van der Waals surface area contributed by atoms with Crippen LogP contribution in [0.3, 0.4) is 0 Å². The van der Waals surface area contributed by atoms with Crippen LogP contribution in [-0.2, 0) is 0 Å². The van der Waals surface area contributed by atoms with Crippen molar-refractivity contribution in [3.8, 4) is 39.9 Å². The first-order valence-corrected chi connectivity index (χ1v) is 19.7. The van der Waals surface area contributed by atoms with E-state index in [2.05, 4.69) is 187 Å². The maximum Gasteiger partial charge on any atom is 0.165 e. The molecule has 0 aliphatic rings. The monoisotopic (exact) mass is 730 g/mol. The first kappa shape index (κ1) is 31.2. The molecule has 0 aliphatic heterocycles. The molecular weight excluding hydrogens is 701 g/mol. The van der Waals surface area contributed by atoms with E-state index in [1.54, 1.807) is 11.3 Å². The largest absolute Gasteiger partial charge is 0.309 e. The molecule has 260 valence electrons. The highest BCUT2D eigenvalue weighted by Crippen LogP contribution is 2.42. The van der Waals surface area contributed by atoms with Crippen molar-refractivity contribution in [2.45, 2.75) is 0 Å². The highest BCUT2D eigenvalue weighted by molar-refractivity contribution is 7.26. The van der Waals surface area contributed by atoms with Gasteiger partial charge < -0.3 is 4.57 Å². The second-order valence-corrected chi connectivity index (χ2v) is 15.5. The summed E-state index contributed by atoms with van der Waals surface area (Å²) in [7, 11) is 0. The van der Waals surface area contributed by atoms with E-state index in [9.17, 15) is 0 Å². The first-order valence-electron chi connectivity index (χ1n) is 18.8. The zero-order valence-electron chi connectivity index (χ0n) is 30.0. The van der Waals surface area contributed by atoms with Crippen LogP contribution in [-0.4, -0.2) is 19.5 Å². The van der Waals surface area contributed by atoms with Crippen LogP contribution < -0.4 is 0 Å². The van der Waals surface area contributed by atoms with Gasteiger partial charge in [0.1, 0.15) is 0 Å². The normalized spacial score (nSPS) is 11.9. The number of fused-ring (bicyclic) bond motifs is 9. The first-order chi connectivity index (χ1) is 27.7. The number of aromatic nitrogens is 4. The molecule has 0 spiro atoms. The van der Waals surface area contributed by atoms with E-state index >= 15 is 0 Å². The van der Waals surface area contributed by atoms with Gasteiger partial charge in [-0.3, -0.25) is 0 Å². The van der Waals surface area contributed by atoms with Crippen molar-refractivity contribution in [3.63, 3.8) is 0 Å². The summed E-state index contributed by atoms with van der Waals surface area (Å²) in [6.45, 7) is 0. The zero-order chi connectivity index (χ0) is 36.7. The second kappa shape index (κ2) is 12.2.